The van der Waals surface area contributed by atoms with Gasteiger partial charge in [-0.05, 0) is 66.5 Å². The van der Waals surface area contributed by atoms with E-state index in [2.05, 4.69) is 20.3 Å². The van der Waals surface area contributed by atoms with E-state index >= 15 is 0 Å². The molecule has 7 heteroatoms. The highest BCUT2D eigenvalue weighted by Crippen LogP contribution is 2.40. The Balaban J connectivity index is 1.52. The van der Waals surface area contributed by atoms with E-state index in [0.29, 0.717) is 11.6 Å². The molecule has 0 atom stereocenters. The predicted octanol–water partition coefficient (Wildman–Crippen LogP) is 3.82. The number of nitrogens with two attached hydrogens (primary N) is 1. The highest BCUT2D eigenvalue weighted by atomic mass is 16.3. The molecule has 3 N–H and O–H groups in total. The number of nitrogen functional groups attached to an aromatic ring is 1. The summed E-state index contributed by atoms with van der Waals surface area (Å²) in [4.78, 5) is 27.3. The quantitative estimate of drug-likeness (QED) is 0.575. The van der Waals surface area contributed by atoms with Crippen molar-refractivity contribution in [3.8, 4) is 11.1 Å². The summed E-state index contributed by atoms with van der Waals surface area (Å²) in [5.41, 5.74) is 10.4. The molecule has 2 saturated heterocycles. The van der Waals surface area contributed by atoms with Gasteiger partial charge in [-0.1, -0.05) is 12.1 Å². The van der Waals surface area contributed by atoms with Gasteiger partial charge in [0, 0.05) is 38.2 Å². The first-order valence-corrected chi connectivity index (χ1v) is 10.2. The summed E-state index contributed by atoms with van der Waals surface area (Å²) >= 11 is 0. The molecule has 0 saturated carbocycles. The molecule has 2 aliphatic heterocycles. The van der Waals surface area contributed by atoms with E-state index in [1.165, 1.54) is 32.9 Å². The Morgan fingerprint density at radius 2 is 1.83 bits per heavy atom. The molecule has 1 amide bonds. The van der Waals surface area contributed by atoms with Gasteiger partial charge in [0.2, 0.25) is 5.91 Å². The second-order valence-corrected chi connectivity index (χ2v) is 8.06. The Kier molecular flexibility index (Phi) is 5.49. The van der Waals surface area contributed by atoms with Crippen molar-refractivity contribution < 1.29 is 4.79 Å². The molecule has 0 unspecified atom stereocenters. The summed E-state index contributed by atoms with van der Waals surface area (Å²) in [6.07, 6.45) is 2.61. The van der Waals surface area contributed by atoms with Crippen molar-refractivity contribution in [3.05, 3.63) is 41.3 Å². The highest BCUT2D eigenvalue weighted by Gasteiger charge is 2.31. The SMILES string of the molecule is CC(=O)Nc1ccc(-c2cc(N=O)c(N)c(N3CC(CN4CCCC4)C3)c2)cc1. The van der Waals surface area contributed by atoms with Gasteiger partial charge in [-0.3, -0.25) is 4.79 Å². The fraction of sp³-hybridized carbons (Fsp3) is 0.409. The number of rotatable bonds is 6. The number of hydrogen-bond acceptors (Lipinski definition) is 6. The molecule has 2 aromatic rings. The first kappa shape index (κ1) is 19.4. The maximum absolute atomic E-state index is 11.4. The van der Waals surface area contributed by atoms with Gasteiger partial charge in [0.25, 0.3) is 0 Å². The van der Waals surface area contributed by atoms with E-state index in [1.807, 2.05) is 30.3 Å². The van der Waals surface area contributed by atoms with Crippen LogP contribution in [0.25, 0.3) is 11.1 Å². The third-order valence-electron chi connectivity index (χ3n) is 5.79. The van der Waals surface area contributed by atoms with Crippen LogP contribution in [0.2, 0.25) is 0 Å². The summed E-state index contributed by atoms with van der Waals surface area (Å²) in [6.45, 7) is 6.93. The minimum absolute atomic E-state index is 0.110. The minimum Gasteiger partial charge on any atom is -0.395 e. The second-order valence-electron chi connectivity index (χ2n) is 8.06. The van der Waals surface area contributed by atoms with Crippen LogP contribution in [0.4, 0.5) is 22.7 Å². The smallest absolute Gasteiger partial charge is 0.221 e. The van der Waals surface area contributed by atoms with Crippen molar-refractivity contribution in [3.63, 3.8) is 0 Å². The van der Waals surface area contributed by atoms with Crippen LogP contribution >= 0.6 is 0 Å². The van der Waals surface area contributed by atoms with Gasteiger partial charge in [-0.25, -0.2) is 0 Å². The van der Waals surface area contributed by atoms with Crippen LogP contribution < -0.4 is 16.0 Å². The standard InChI is InChI=1S/C22H27N5O2/c1-15(28)24-19-6-4-17(5-7-19)18-10-20(25-29)22(23)21(11-18)27-13-16(14-27)12-26-8-2-3-9-26/h4-7,10-11,16H,2-3,8-9,12-14,23H2,1H3,(H,24,28). The van der Waals surface area contributed by atoms with Gasteiger partial charge in [-0.2, -0.15) is 0 Å². The summed E-state index contributed by atoms with van der Waals surface area (Å²) in [7, 11) is 0. The third kappa shape index (κ3) is 4.24. The van der Waals surface area contributed by atoms with Crippen molar-refractivity contribution in [1.82, 2.24) is 4.90 Å². The van der Waals surface area contributed by atoms with Crippen LogP contribution in [0, 0.1) is 10.8 Å². The van der Waals surface area contributed by atoms with E-state index in [4.69, 9.17) is 5.73 Å². The molecule has 29 heavy (non-hydrogen) atoms. The van der Waals surface area contributed by atoms with Crippen LogP contribution in [0.5, 0.6) is 0 Å². The number of nitroso groups, excluding NO2 is 1. The van der Waals surface area contributed by atoms with E-state index in [9.17, 15) is 9.70 Å². The summed E-state index contributed by atoms with van der Waals surface area (Å²) in [6, 6.07) is 11.3. The number of nitrogens with one attached hydrogen (secondary N) is 1. The zero-order valence-electron chi connectivity index (χ0n) is 16.7. The molecule has 0 bridgehead atoms. The van der Waals surface area contributed by atoms with Crippen molar-refractivity contribution >= 4 is 28.7 Å². The van der Waals surface area contributed by atoms with Gasteiger partial charge in [0.1, 0.15) is 5.69 Å². The molecule has 0 aromatic heterocycles. The summed E-state index contributed by atoms with van der Waals surface area (Å²) in [5, 5.41) is 5.91. The topological polar surface area (TPSA) is 91.0 Å². The molecule has 0 spiro atoms. The van der Waals surface area contributed by atoms with Crippen LogP contribution in [-0.4, -0.2) is 43.5 Å². The molecule has 2 aliphatic rings. The molecule has 4 rings (SSSR count). The second kappa shape index (κ2) is 8.21. The molecular weight excluding hydrogens is 366 g/mol. The fourth-order valence-corrected chi connectivity index (χ4v) is 4.29. The molecule has 2 aromatic carbocycles. The zero-order chi connectivity index (χ0) is 20.4. The maximum Gasteiger partial charge on any atom is 0.221 e. The van der Waals surface area contributed by atoms with Gasteiger partial charge >= 0.3 is 0 Å². The number of likely N-dealkylation sites (tertiary alicyclic amines) is 1. The number of amides is 1. The first-order chi connectivity index (χ1) is 14.0. The first-order valence-electron chi connectivity index (χ1n) is 10.2. The van der Waals surface area contributed by atoms with Crippen LogP contribution in [0.1, 0.15) is 19.8 Å². The Morgan fingerprint density at radius 3 is 2.45 bits per heavy atom. The van der Waals surface area contributed by atoms with Gasteiger partial charge in [0.05, 0.1) is 11.4 Å². The Hall–Kier alpha value is -2.93. The lowest BCUT2D eigenvalue weighted by Gasteiger charge is -2.43. The molecule has 2 heterocycles. The van der Waals surface area contributed by atoms with Crippen molar-refractivity contribution in [2.45, 2.75) is 19.8 Å². The van der Waals surface area contributed by atoms with Gasteiger partial charge < -0.3 is 20.9 Å². The van der Waals surface area contributed by atoms with E-state index in [-0.39, 0.29) is 11.6 Å². The monoisotopic (exact) mass is 393 g/mol. The lowest BCUT2D eigenvalue weighted by molar-refractivity contribution is -0.114. The van der Waals surface area contributed by atoms with Crippen molar-refractivity contribution in [2.75, 3.05) is 48.7 Å². The molecular formula is C22H27N5O2. The third-order valence-corrected chi connectivity index (χ3v) is 5.79. The lowest BCUT2D eigenvalue weighted by atomic mass is 9.96. The zero-order valence-corrected chi connectivity index (χ0v) is 16.7. The fourth-order valence-electron chi connectivity index (χ4n) is 4.29. The Bertz CT molecular complexity index is 900. The lowest BCUT2D eigenvalue weighted by Crippen LogP contribution is -2.51. The predicted molar refractivity (Wildman–Crippen MR) is 117 cm³/mol. The van der Waals surface area contributed by atoms with Crippen LogP contribution in [0.15, 0.2) is 41.6 Å². The average molecular weight is 393 g/mol. The molecule has 0 aliphatic carbocycles. The Morgan fingerprint density at radius 1 is 1.14 bits per heavy atom. The molecule has 2 fully saturated rings. The maximum atomic E-state index is 11.4. The van der Waals surface area contributed by atoms with Gasteiger partial charge in [0.15, 0.2) is 0 Å². The summed E-state index contributed by atoms with van der Waals surface area (Å²) in [5.74, 6) is 0.530. The minimum atomic E-state index is -0.110. The van der Waals surface area contributed by atoms with E-state index in [1.54, 1.807) is 6.07 Å². The van der Waals surface area contributed by atoms with E-state index < -0.39 is 0 Å². The van der Waals surface area contributed by atoms with Crippen molar-refractivity contribution in [2.24, 2.45) is 11.1 Å². The highest BCUT2D eigenvalue weighted by molar-refractivity contribution is 5.90. The van der Waals surface area contributed by atoms with Crippen LogP contribution in [0.3, 0.4) is 0 Å². The van der Waals surface area contributed by atoms with Gasteiger partial charge in [-0.15, -0.1) is 4.91 Å². The van der Waals surface area contributed by atoms with E-state index in [0.717, 1.165) is 42.1 Å². The number of carbonyl (C=O) groups is 1. The number of benzene rings is 2. The van der Waals surface area contributed by atoms with Crippen molar-refractivity contribution in [1.29, 1.82) is 0 Å². The normalized spacial score (nSPS) is 17.2. The number of nitrogens with zero attached hydrogens (tertiary/aromatic N) is 3. The number of hydrogen-bond donors (Lipinski definition) is 2. The molecule has 0 radical (unpaired) electrons. The number of anilines is 3. The van der Waals surface area contributed by atoms with Crippen LogP contribution in [-0.2, 0) is 4.79 Å². The molecule has 7 nitrogen and oxygen atoms in total. The Labute approximate surface area is 170 Å². The summed E-state index contributed by atoms with van der Waals surface area (Å²) < 4.78 is 0. The largest absolute Gasteiger partial charge is 0.395 e. The molecule has 152 valence electrons. The number of carbonyl (C=O) groups excluding carboxylic acids is 1. The average Bonchev–Trinajstić information content (AvgIpc) is 3.18.